The van der Waals surface area contributed by atoms with Crippen molar-refractivity contribution in [3.8, 4) is 5.75 Å². The number of ether oxygens (including phenoxy) is 2. The fraction of sp³-hybridized carbons (Fsp3) is 0.600. The van der Waals surface area contributed by atoms with Crippen LogP contribution in [0.25, 0.3) is 5.57 Å². The van der Waals surface area contributed by atoms with Gasteiger partial charge in [-0.25, -0.2) is 0 Å². The first-order valence-corrected chi connectivity index (χ1v) is 11.9. The van der Waals surface area contributed by atoms with E-state index in [1.165, 1.54) is 4.90 Å². The van der Waals surface area contributed by atoms with E-state index in [4.69, 9.17) is 9.47 Å². The predicted octanol–water partition coefficient (Wildman–Crippen LogP) is 2.62. The largest absolute Gasteiger partial charge is 0.493 e. The Balaban J connectivity index is 1.61. The average molecular weight is 442 g/mol. The van der Waals surface area contributed by atoms with Crippen LogP contribution in [0.1, 0.15) is 39.2 Å². The van der Waals surface area contributed by atoms with Gasteiger partial charge in [-0.3, -0.25) is 14.5 Å². The molecule has 32 heavy (non-hydrogen) atoms. The van der Waals surface area contributed by atoms with Crippen LogP contribution < -0.4 is 4.74 Å². The molecule has 3 heterocycles. The van der Waals surface area contributed by atoms with E-state index in [0.717, 1.165) is 56.9 Å². The van der Waals surface area contributed by atoms with Gasteiger partial charge in [0.15, 0.2) is 0 Å². The summed E-state index contributed by atoms with van der Waals surface area (Å²) in [6.07, 6.45) is 1.80. The number of amides is 2. The summed E-state index contributed by atoms with van der Waals surface area (Å²) < 4.78 is 11.5. The van der Waals surface area contributed by atoms with Gasteiger partial charge in [-0.15, -0.1) is 0 Å². The molecule has 0 bridgehead atoms. The van der Waals surface area contributed by atoms with Crippen LogP contribution in [-0.2, 0) is 14.3 Å². The van der Waals surface area contributed by atoms with Crippen LogP contribution in [0.5, 0.6) is 5.75 Å². The monoisotopic (exact) mass is 441 g/mol. The third-order valence-electron chi connectivity index (χ3n) is 6.42. The molecule has 1 atom stereocenters. The number of rotatable bonds is 8. The molecule has 1 unspecified atom stereocenters. The molecule has 3 aliphatic rings. The first-order chi connectivity index (χ1) is 15.5. The highest BCUT2D eigenvalue weighted by atomic mass is 16.5. The van der Waals surface area contributed by atoms with Crippen molar-refractivity contribution in [1.82, 2.24) is 14.7 Å². The van der Waals surface area contributed by atoms with Crippen LogP contribution in [0.15, 0.2) is 30.0 Å². The zero-order valence-electron chi connectivity index (χ0n) is 19.5. The maximum absolute atomic E-state index is 13.5. The number of piperazine rings is 1. The van der Waals surface area contributed by atoms with E-state index in [9.17, 15) is 9.59 Å². The van der Waals surface area contributed by atoms with Crippen molar-refractivity contribution >= 4 is 17.4 Å². The Bertz CT molecular complexity index is 850. The minimum atomic E-state index is -0.214. The summed E-state index contributed by atoms with van der Waals surface area (Å²) in [6.45, 7) is 12.3. The molecular weight excluding hydrogens is 406 g/mol. The highest BCUT2D eigenvalue weighted by molar-refractivity contribution is 6.35. The van der Waals surface area contributed by atoms with E-state index >= 15 is 0 Å². The van der Waals surface area contributed by atoms with Gasteiger partial charge in [0, 0.05) is 32.8 Å². The lowest BCUT2D eigenvalue weighted by atomic mass is 10.0. The summed E-state index contributed by atoms with van der Waals surface area (Å²) >= 11 is 0. The Morgan fingerprint density at radius 3 is 2.38 bits per heavy atom. The summed E-state index contributed by atoms with van der Waals surface area (Å²) in [7, 11) is 0. The van der Waals surface area contributed by atoms with Crippen LogP contribution >= 0.6 is 0 Å². The van der Waals surface area contributed by atoms with Gasteiger partial charge < -0.3 is 19.3 Å². The first-order valence-electron chi connectivity index (χ1n) is 11.9. The van der Waals surface area contributed by atoms with Crippen molar-refractivity contribution in [3.63, 3.8) is 0 Å². The quantitative estimate of drug-likeness (QED) is 0.578. The molecular formula is C25H35N3O4. The van der Waals surface area contributed by atoms with Gasteiger partial charge in [-0.05, 0) is 43.0 Å². The van der Waals surface area contributed by atoms with Crippen LogP contribution in [-0.4, -0.2) is 85.1 Å². The Labute approximate surface area is 190 Å². The third-order valence-corrected chi connectivity index (χ3v) is 6.42. The van der Waals surface area contributed by atoms with Crippen LogP contribution in [0.3, 0.4) is 0 Å². The molecule has 0 aromatic heterocycles. The third kappa shape index (κ3) is 4.84. The van der Waals surface area contributed by atoms with Gasteiger partial charge in [-0.1, -0.05) is 32.9 Å². The minimum absolute atomic E-state index is 0.0627. The van der Waals surface area contributed by atoms with Crippen LogP contribution in [0.2, 0.25) is 0 Å². The molecule has 7 nitrogen and oxygen atoms in total. The van der Waals surface area contributed by atoms with Gasteiger partial charge in [0.2, 0.25) is 0 Å². The topological polar surface area (TPSA) is 62.3 Å². The maximum atomic E-state index is 13.5. The van der Waals surface area contributed by atoms with Crippen LogP contribution in [0.4, 0.5) is 0 Å². The zero-order chi connectivity index (χ0) is 22.7. The summed E-state index contributed by atoms with van der Waals surface area (Å²) in [5, 5.41) is 0. The molecule has 7 heteroatoms. The number of carbonyl (C=O) groups excluding carboxylic acids is 2. The molecule has 1 aromatic carbocycles. The highest BCUT2D eigenvalue weighted by Crippen LogP contribution is 2.34. The van der Waals surface area contributed by atoms with Gasteiger partial charge in [0.05, 0.1) is 24.8 Å². The standard InChI is InChI=1S/C25H35N3O4/c1-4-26-11-13-27(14-12-26)23-22(19-7-9-20(10-8-19)32-17-18(2)3)24(29)28(25(23)30)16-21-6-5-15-31-21/h7-10,18,21H,4-6,11-17H2,1-3H3. The van der Waals surface area contributed by atoms with Crippen molar-refractivity contribution in [2.24, 2.45) is 5.92 Å². The fourth-order valence-electron chi connectivity index (χ4n) is 4.54. The lowest BCUT2D eigenvalue weighted by Gasteiger charge is -2.36. The van der Waals surface area contributed by atoms with Crippen molar-refractivity contribution in [3.05, 3.63) is 35.5 Å². The molecule has 2 fully saturated rings. The van der Waals surface area contributed by atoms with Gasteiger partial charge in [0.25, 0.3) is 11.8 Å². The Kier molecular flexibility index (Phi) is 7.16. The molecule has 0 spiro atoms. The Hall–Kier alpha value is -2.38. The number of likely N-dealkylation sites (N-methyl/N-ethyl adjacent to an activating group) is 1. The molecule has 2 saturated heterocycles. The molecule has 0 N–H and O–H groups in total. The normalized spacial score (nSPS) is 22.6. The number of nitrogens with zero attached hydrogens (tertiary/aromatic N) is 3. The molecule has 3 aliphatic heterocycles. The zero-order valence-corrected chi connectivity index (χ0v) is 19.5. The number of hydrogen-bond donors (Lipinski definition) is 0. The van der Waals surface area contributed by atoms with Gasteiger partial charge >= 0.3 is 0 Å². The first kappa shape index (κ1) is 22.8. The van der Waals surface area contributed by atoms with Crippen molar-refractivity contribution in [1.29, 1.82) is 0 Å². The Morgan fingerprint density at radius 2 is 1.78 bits per heavy atom. The van der Waals surface area contributed by atoms with Crippen molar-refractivity contribution < 1.29 is 19.1 Å². The molecule has 0 saturated carbocycles. The summed E-state index contributed by atoms with van der Waals surface area (Å²) in [6, 6.07) is 7.57. The maximum Gasteiger partial charge on any atom is 0.277 e. The summed E-state index contributed by atoms with van der Waals surface area (Å²) in [5.41, 5.74) is 1.82. The smallest absolute Gasteiger partial charge is 0.277 e. The van der Waals surface area contributed by atoms with E-state index < -0.39 is 0 Å². The molecule has 2 amide bonds. The van der Waals surface area contributed by atoms with E-state index in [0.29, 0.717) is 36.9 Å². The van der Waals surface area contributed by atoms with E-state index in [1.54, 1.807) is 0 Å². The molecule has 0 radical (unpaired) electrons. The summed E-state index contributed by atoms with van der Waals surface area (Å²) in [5.74, 6) is 0.806. The Morgan fingerprint density at radius 1 is 1.06 bits per heavy atom. The molecule has 174 valence electrons. The van der Waals surface area contributed by atoms with E-state index in [-0.39, 0.29) is 17.9 Å². The fourth-order valence-corrected chi connectivity index (χ4v) is 4.54. The lowest BCUT2D eigenvalue weighted by Crippen LogP contribution is -2.47. The number of carbonyl (C=O) groups is 2. The molecule has 1 aromatic rings. The summed E-state index contributed by atoms with van der Waals surface area (Å²) in [4.78, 5) is 32.9. The van der Waals surface area contributed by atoms with Crippen molar-refractivity contribution in [2.45, 2.75) is 39.7 Å². The number of benzene rings is 1. The average Bonchev–Trinajstić information content (AvgIpc) is 3.40. The minimum Gasteiger partial charge on any atom is -0.493 e. The molecule has 4 rings (SSSR count). The number of imide groups is 1. The van der Waals surface area contributed by atoms with Gasteiger partial charge in [-0.2, -0.15) is 0 Å². The molecule has 0 aliphatic carbocycles. The number of hydrogen-bond acceptors (Lipinski definition) is 6. The van der Waals surface area contributed by atoms with E-state index in [2.05, 4.69) is 30.6 Å². The SMILES string of the molecule is CCN1CCN(C2=C(c3ccc(OCC(C)C)cc3)C(=O)N(CC3CCCO3)C2=O)CC1. The lowest BCUT2D eigenvalue weighted by molar-refractivity contribution is -0.139. The predicted molar refractivity (Wildman–Crippen MR) is 123 cm³/mol. The van der Waals surface area contributed by atoms with E-state index in [1.807, 2.05) is 24.3 Å². The van der Waals surface area contributed by atoms with Crippen LogP contribution in [0, 0.1) is 5.92 Å². The highest BCUT2D eigenvalue weighted by Gasteiger charge is 2.43. The van der Waals surface area contributed by atoms with Crippen molar-refractivity contribution in [2.75, 3.05) is 52.5 Å². The second-order valence-electron chi connectivity index (χ2n) is 9.23. The van der Waals surface area contributed by atoms with Gasteiger partial charge in [0.1, 0.15) is 11.4 Å². The second kappa shape index (κ2) is 10.0. The second-order valence-corrected chi connectivity index (χ2v) is 9.23.